The molecule has 0 bridgehead atoms. The maximum Gasteiger partial charge on any atom is 0.191 e. The highest BCUT2D eigenvalue weighted by Crippen LogP contribution is 2.16. The Morgan fingerprint density at radius 2 is 2.04 bits per heavy atom. The Balaban J connectivity index is 1.78. The predicted octanol–water partition coefficient (Wildman–Crippen LogP) is 2.11. The summed E-state index contributed by atoms with van der Waals surface area (Å²) >= 11 is 0. The first-order valence-electron chi connectivity index (χ1n) is 9.61. The minimum absolute atomic E-state index is 0.641. The van der Waals surface area contributed by atoms with Gasteiger partial charge in [-0.3, -0.25) is 0 Å². The predicted molar refractivity (Wildman–Crippen MR) is 107 cm³/mol. The maximum absolute atomic E-state index is 5.28. The number of nitrogens with one attached hydrogen (secondary N) is 2. The van der Waals surface area contributed by atoms with Crippen LogP contribution < -0.4 is 15.4 Å². The molecule has 26 heavy (non-hydrogen) atoms. The average Bonchev–Trinajstić information content (AvgIpc) is 2.69. The van der Waals surface area contributed by atoms with E-state index in [4.69, 9.17) is 14.5 Å². The molecule has 0 spiro atoms. The summed E-state index contributed by atoms with van der Waals surface area (Å²) in [5, 5.41) is 6.85. The molecular formula is C20H34N4O2. The van der Waals surface area contributed by atoms with E-state index in [2.05, 4.69) is 28.5 Å². The molecular weight excluding hydrogens is 328 g/mol. The van der Waals surface area contributed by atoms with Gasteiger partial charge in [0, 0.05) is 26.7 Å². The lowest BCUT2D eigenvalue weighted by Gasteiger charge is -2.32. The lowest BCUT2D eigenvalue weighted by molar-refractivity contribution is 0.121. The van der Waals surface area contributed by atoms with E-state index in [9.17, 15) is 0 Å². The number of methoxy groups -OCH3 is 2. The molecule has 1 aliphatic heterocycles. The summed E-state index contributed by atoms with van der Waals surface area (Å²) in [6.45, 7) is 8.76. The van der Waals surface area contributed by atoms with Crippen LogP contribution in [0.5, 0.6) is 5.75 Å². The topological polar surface area (TPSA) is 58.1 Å². The van der Waals surface area contributed by atoms with Gasteiger partial charge in [-0.2, -0.15) is 0 Å². The monoisotopic (exact) mass is 362 g/mol. The average molecular weight is 363 g/mol. The minimum Gasteiger partial charge on any atom is -0.497 e. The smallest absolute Gasteiger partial charge is 0.191 e. The van der Waals surface area contributed by atoms with Crippen molar-refractivity contribution < 1.29 is 9.47 Å². The largest absolute Gasteiger partial charge is 0.497 e. The number of likely N-dealkylation sites (tertiary alicyclic amines) is 1. The summed E-state index contributed by atoms with van der Waals surface area (Å²) in [5.74, 6) is 2.46. The third-order valence-electron chi connectivity index (χ3n) is 4.78. The van der Waals surface area contributed by atoms with Crippen LogP contribution in [0, 0.1) is 5.92 Å². The van der Waals surface area contributed by atoms with Gasteiger partial charge in [-0.15, -0.1) is 0 Å². The highest BCUT2D eigenvalue weighted by atomic mass is 16.5. The number of aliphatic imine (C=N–C) groups is 1. The molecule has 1 aliphatic rings. The molecule has 0 unspecified atom stereocenters. The first-order chi connectivity index (χ1) is 12.7. The van der Waals surface area contributed by atoms with Crippen molar-refractivity contribution in [2.45, 2.75) is 26.3 Å². The van der Waals surface area contributed by atoms with Gasteiger partial charge in [0.2, 0.25) is 0 Å². The number of ether oxygens (including phenoxy) is 2. The van der Waals surface area contributed by atoms with Crippen molar-refractivity contribution in [3.05, 3.63) is 29.8 Å². The Morgan fingerprint density at radius 1 is 1.23 bits per heavy atom. The molecule has 1 aromatic carbocycles. The summed E-state index contributed by atoms with van der Waals surface area (Å²) in [6, 6.07) is 8.06. The Bertz CT molecular complexity index is 542. The van der Waals surface area contributed by atoms with Crippen LogP contribution in [0.4, 0.5) is 0 Å². The van der Waals surface area contributed by atoms with Crippen LogP contribution >= 0.6 is 0 Å². The molecule has 1 fully saturated rings. The first kappa shape index (κ1) is 20.5. The molecule has 0 amide bonds. The fourth-order valence-corrected chi connectivity index (χ4v) is 3.16. The van der Waals surface area contributed by atoms with Gasteiger partial charge in [0.25, 0.3) is 0 Å². The van der Waals surface area contributed by atoms with E-state index in [1.54, 1.807) is 14.2 Å². The first-order valence-corrected chi connectivity index (χ1v) is 9.61. The van der Waals surface area contributed by atoms with Crippen molar-refractivity contribution in [2.75, 3.05) is 53.6 Å². The number of benzene rings is 1. The van der Waals surface area contributed by atoms with Crippen LogP contribution in [0.15, 0.2) is 29.3 Å². The van der Waals surface area contributed by atoms with Gasteiger partial charge in [-0.25, -0.2) is 4.99 Å². The second kappa shape index (κ2) is 11.8. The number of nitrogens with zero attached hydrogens (tertiary/aromatic N) is 2. The molecule has 2 rings (SSSR count). The minimum atomic E-state index is 0.641. The lowest BCUT2D eigenvalue weighted by atomic mass is 9.97. The summed E-state index contributed by atoms with van der Waals surface area (Å²) < 4.78 is 10.4. The number of rotatable bonds is 9. The van der Waals surface area contributed by atoms with Crippen LogP contribution in [0.1, 0.15) is 25.3 Å². The number of guanidine groups is 1. The molecule has 0 atom stereocenters. The fourth-order valence-electron chi connectivity index (χ4n) is 3.16. The summed E-state index contributed by atoms with van der Waals surface area (Å²) in [4.78, 5) is 7.20. The van der Waals surface area contributed by atoms with Crippen molar-refractivity contribution in [3.8, 4) is 5.75 Å². The number of hydrogen-bond acceptors (Lipinski definition) is 4. The Hall–Kier alpha value is -1.79. The van der Waals surface area contributed by atoms with E-state index in [0.29, 0.717) is 12.5 Å². The second-order valence-electron chi connectivity index (χ2n) is 6.71. The number of piperidine rings is 1. The molecule has 1 heterocycles. The Kier molecular flexibility index (Phi) is 9.28. The lowest BCUT2D eigenvalue weighted by Crippen LogP contribution is -2.43. The molecule has 0 aromatic heterocycles. The van der Waals surface area contributed by atoms with Gasteiger partial charge >= 0.3 is 0 Å². The van der Waals surface area contributed by atoms with Crippen LogP contribution in [0.3, 0.4) is 0 Å². The van der Waals surface area contributed by atoms with Gasteiger partial charge in [0.15, 0.2) is 5.96 Å². The Labute approximate surface area is 158 Å². The molecule has 1 saturated heterocycles. The Morgan fingerprint density at radius 3 is 2.73 bits per heavy atom. The van der Waals surface area contributed by atoms with E-state index < -0.39 is 0 Å². The molecule has 146 valence electrons. The normalized spacial score (nSPS) is 16.5. The van der Waals surface area contributed by atoms with Crippen LogP contribution in [-0.2, 0) is 11.3 Å². The maximum atomic E-state index is 5.28. The van der Waals surface area contributed by atoms with E-state index in [-0.39, 0.29) is 0 Å². The van der Waals surface area contributed by atoms with Crippen molar-refractivity contribution >= 4 is 5.96 Å². The molecule has 1 aromatic rings. The van der Waals surface area contributed by atoms with Gasteiger partial charge in [0.05, 0.1) is 20.3 Å². The van der Waals surface area contributed by atoms with Gasteiger partial charge < -0.3 is 25.0 Å². The zero-order valence-corrected chi connectivity index (χ0v) is 16.5. The zero-order chi connectivity index (χ0) is 18.6. The standard InChI is InChI=1S/C20H34N4O2/c1-4-21-20(23-16-18-6-5-7-19(14-18)26-3)22-15-17-8-10-24(11-9-17)12-13-25-2/h5-7,14,17H,4,8-13,15-16H2,1-3H3,(H2,21,22,23). The second-order valence-corrected chi connectivity index (χ2v) is 6.71. The van der Waals surface area contributed by atoms with Crippen molar-refractivity contribution in [1.82, 2.24) is 15.5 Å². The molecule has 6 nitrogen and oxygen atoms in total. The van der Waals surface area contributed by atoms with Crippen molar-refractivity contribution in [3.63, 3.8) is 0 Å². The summed E-state index contributed by atoms with van der Waals surface area (Å²) in [7, 11) is 3.46. The molecule has 6 heteroatoms. The van der Waals surface area contributed by atoms with Gasteiger partial charge in [-0.05, 0) is 56.5 Å². The molecule has 2 N–H and O–H groups in total. The highest BCUT2D eigenvalue weighted by Gasteiger charge is 2.18. The van der Waals surface area contributed by atoms with E-state index in [1.165, 1.54) is 12.8 Å². The summed E-state index contributed by atoms with van der Waals surface area (Å²) in [5.41, 5.74) is 1.15. The molecule has 0 aliphatic carbocycles. The van der Waals surface area contributed by atoms with E-state index in [1.807, 2.05) is 18.2 Å². The fraction of sp³-hybridized carbons (Fsp3) is 0.650. The van der Waals surface area contributed by atoms with Crippen LogP contribution in [0.2, 0.25) is 0 Å². The highest BCUT2D eigenvalue weighted by molar-refractivity contribution is 5.79. The zero-order valence-electron chi connectivity index (χ0n) is 16.5. The SMILES string of the molecule is CCNC(=NCc1cccc(OC)c1)NCC1CCN(CCOC)CC1. The molecule has 0 saturated carbocycles. The molecule has 0 radical (unpaired) electrons. The van der Waals surface area contributed by atoms with Crippen molar-refractivity contribution in [1.29, 1.82) is 0 Å². The third-order valence-corrected chi connectivity index (χ3v) is 4.78. The van der Waals surface area contributed by atoms with E-state index in [0.717, 1.165) is 56.6 Å². The van der Waals surface area contributed by atoms with Crippen molar-refractivity contribution in [2.24, 2.45) is 10.9 Å². The number of hydrogen-bond donors (Lipinski definition) is 2. The third kappa shape index (κ3) is 7.22. The van der Waals surface area contributed by atoms with Gasteiger partial charge in [0.1, 0.15) is 5.75 Å². The quantitative estimate of drug-likeness (QED) is 0.520. The summed E-state index contributed by atoms with van der Waals surface area (Å²) in [6.07, 6.45) is 2.46. The van der Waals surface area contributed by atoms with E-state index >= 15 is 0 Å². The van der Waals surface area contributed by atoms with Gasteiger partial charge in [-0.1, -0.05) is 12.1 Å². The van der Waals surface area contributed by atoms with Crippen LogP contribution in [0.25, 0.3) is 0 Å². The van der Waals surface area contributed by atoms with Crippen LogP contribution in [-0.4, -0.2) is 64.4 Å².